The Balaban J connectivity index is 0.00000288. The summed E-state index contributed by atoms with van der Waals surface area (Å²) >= 11 is 0. The van der Waals surface area contributed by atoms with Crippen LogP contribution in [0.1, 0.15) is 70.2 Å². The highest BCUT2D eigenvalue weighted by atomic mass is 127. The van der Waals surface area contributed by atoms with E-state index in [-0.39, 0.29) is 24.0 Å². The van der Waals surface area contributed by atoms with Crippen molar-refractivity contribution >= 4 is 29.9 Å². The van der Waals surface area contributed by atoms with Gasteiger partial charge in [-0.2, -0.15) is 0 Å². The first kappa shape index (κ1) is 21.3. The van der Waals surface area contributed by atoms with Crippen LogP contribution in [0.15, 0.2) is 15.6 Å². The fourth-order valence-electron chi connectivity index (χ4n) is 3.24. The van der Waals surface area contributed by atoms with Gasteiger partial charge in [0.1, 0.15) is 0 Å². The minimum absolute atomic E-state index is 0. The number of nitrogens with one attached hydrogen (secondary N) is 2. The van der Waals surface area contributed by atoms with Gasteiger partial charge in [0.25, 0.3) is 0 Å². The molecule has 1 aliphatic carbocycles. The number of halogens is 1. The molecule has 1 unspecified atom stereocenters. The fourth-order valence-corrected chi connectivity index (χ4v) is 3.24. The van der Waals surface area contributed by atoms with E-state index in [1.165, 1.54) is 44.9 Å². The molecule has 1 aromatic heterocycles. The van der Waals surface area contributed by atoms with Crippen molar-refractivity contribution in [2.75, 3.05) is 7.05 Å². The Bertz CT molecular complexity index is 483. The minimum Gasteiger partial charge on any atom is -0.359 e. The molecule has 0 amide bonds. The molecule has 1 aromatic rings. The van der Waals surface area contributed by atoms with E-state index in [1.807, 2.05) is 6.07 Å². The first-order valence-corrected chi connectivity index (χ1v) is 9.13. The SMILES string of the molecule is CCc1cc(CNC(=NC)NC(C)CCC2CCCCC2)on1.I. The Labute approximate surface area is 163 Å². The van der Waals surface area contributed by atoms with Crippen molar-refractivity contribution in [3.63, 3.8) is 0 Å². The van der Waals surface area contributed by atoms with E-state index >= 15 is 0 Å². The first-order valence-electron chi connectivity index (χ1n) is 9.13. The molecule has 0 aromatic carbocycles. The van der Waals surface area contributed by atoms with E-state index in [9.17, 15) is 0 Å². The molecule has 1 aliphatic rings. The molecule has 0 spiro atoms. The molecule has 24 heavy (non-hydrogen) atoms. The van der Waals surface area contributed by atoms with Crippen molar-refractivity contribution < 1.29 is 4.52 Å². The Hall–Kier alpha value is -0.790. The van der Waals surface area contributed by atoms with Crippen LogP contribution >= 0.6 is 24.0 Å². The molecule has 0 saturated heterocycles. The molecular formula is C18H33IN4O. The van der Waals surface area contributed by atoms with Crippen molar-refractivity contribution in [1.82, 2.24) is 15.8 Å². The van der Waals surface area contributed by atoms with Crippen molar-refractivity contribution in [3.05, 3.63) is 17.5 Å². The largest absolute Gasteiger partial charge is 0.359 e. The van der Waals surface area contributed by atoms with Gasteiger partial charge in [-0.3, -0.25) is 4.99 Å². The van der Waals surface area contributed by atoms with Crippen LogP contribution in [0, 0.1) is 5.92 Å². The van der Waals surface area contributed by atoms with Crippen molar-refractivity contribution in [2.24, 2.45) is 10.9 Å². The molecule has 138 valence electrons. The molecule has 1 heterocycles. The summed E-state index contributed by atoms with van der Waals surface area (Å²) in [6, 6.07) is 2.43. The number of aliphatic imine (C=N–C) groups is 1. The highest BCUT2D eigenvalue weighted by Crippen LogP contribution is 2.27. The maximum absolute atomic E-state index is 5.29. The predicted molar refractivity (Wildman–Crippen MR) is 110 cm³/mol. The molecule has 0 bridgehead atoms. The molecule has 6 heteroatoms. The minimum atomic E-state index is 0. The molecule has 1 saturated carbocycles. The summed E-state index contributed by atoms with van der Waals surface area (Å²) in [6.07, 6.45) is 10.5. The quantitative estimate of drug-likeness (QED) is 0.372. The summed E-state index contributed by atoms with van der Waals surface area (Å²) in [5.74, 6) is 2.61. The van der Waals surface area contributed by atoms with Crippen LogP contribution in [0.3, 0.4) is 0 Å². The lowest BCUT2D eigenvalue weighted by molar-refractivity contribution is 0.322. The van der Waals surface area contributed by atoms with Gasteiger partial charge in [0.15, 0.2) is 11.7 Å². The predicted octanol–water partition coefficient (Wildman–Crippen LogP) is 4.27. The summed E-state index contributed by atoms with van der Waals surface area (Å²) in [6.45, 7) is 4.92. The van der Waals surface area contributed by atoms with E-state index in [1.54, 1.807) is 7.05 Å². The summed E-state index contributed by atoms with van der Waals surface area (Å²) in [4.78, 5) is 4.30. The Morgan fingerprint density at radius 3 is 2.75 bits per heavy atom. The molecule has 0 aliphatic heterocycles. The second-order valence-electron chi connectivity index (χ2n) is 6.69. The molecule has 5 nitrogen and oxygen atoms in total. The van der Waals surface area contributed by atoms with E-state index in [0.29, 0.717) is 12.6 Å². The van der Waals surface area contributed by atoms with E-state index in [4.69, 9.17) is 4.52 Å². The van der Waals surface area contributed by atoms with Crippen LogP contribution in [-0.4, -0.2) is 24.2 Å². The Morgan fingerprint density at radius 2 is 2.12 bits per heavy atom. The summed E-state index contributed by atoms with van der Waals surface area (Å²) in [5.41, 5.74) is 0.991. The van der Waals surface area contributed by atoms with Gasteiger partial charge in [0.2, 0.25) is 0 Å². The second-order valence-corrected chi connectivity index (χ2v) is 6.69. The van der Waals surface area contributed by atoms with Crippen molar-refractivity contribution in [2.45, 2.75) is 77.8 Å². The molecule has 0 radical (unpaired) electrons. The van der Waals surface area contributed by atoms with Gasteiger partial charge < -0.3 is 15.2 Å². The van der Waals surface area contributed by atoms with Gasteiger partial charge in [0.05, 0.1) is 12.2 Å². The third-order valence-electron chi connectivity index (χ3n) is 4.74. The van der Waals surface area contributed by atoms with Crippen molar-refractivity contribution in [1.29, 1.82) is 0 Å². The number of guanidine groups is 1. The zero-order chi connectivity index (χ0) is 16.5. The number of hydrogen-bond donors (Lipinski definition) is 2. The standard InChI is InChI=1S/C18H32N4O.HI/c1-4-16-12-17(23-22-16)13-20-18(19-3)21-14(2)10-11-15-8-6-5-7-9-15;/h12,14-15H,4-11,13H2,1-3H3,(H2,19,20,21);1H. The zero-order valence-corrected chi connectivity index (χ0v) is 17.6. The number of nitrogens with zero attached hydrogens (tertiary/aromatic N) is 2. The molecule has 2 N–H and O–H groups in total. The van der Waals surface area contributed by atoms with Gasteiger partial charge in [0, 0.05) is 19.2 Å². The van der Waals surface area contributed by atoms with Gasteiger partial charge in [-0.25, -0.2) is 0 Å². The van der Waals surface area contributed by atoms with Crippen LogP contribution in [0.4, 0.5) is 0 Å². The number of aryl methyl sites for hydroxylation is 1. The van der Waals surface area contributed by atoms with Crippen LogP contribution < -0.4 is 10.6 Å². The topological polar surface area (TPSA) is 62.5 Å². The summed E-state index contributed by atoms with van der Waals surface area (Å²) in [5, 5.41) is 10.8. The van der Waals surface area contributed by atoms with Crippen LogP contribution in [-0.2, 0) is 13.0 Å². The lowest BCUT2D eigenvalue weighted by atomic mass is 9.85. The monoisotopic (exact) mass is 448 g/mol. The molecular weight excluding hydrogens is 415 g/mol. The zero-order valence-electron chi connectivity index (χ0n) is 15.3. The van der Waals surface area contributed by atoms with Crippen molar-refractivity contribution in [3.8, 4) is 0 Å². The fraction of sp³-hybridized carbons (Fsp3) is 0.778. The van der Waals surface area contributed by atoms with Gasteiger partial charge >= 0.3 is 0 Å². The second kappa shape index (κ2) is 11.7. The number of aromatic nitrogens is 1. The van der Waals surface area contributed by atoms with E-state index in [2.05, 4.69) is 34.6 Å². The number of rotatable bonds is 7. The van der Waals surface area contributed by atoms with E-state index < -0.39 is 0 Å². The Kier molecular flexibility index (Phi) is 10.4. The lowest BCUT2D eigenvalue weighted by Gasteiger charge is -2.24. The van der Waals surface area contributed by atoms with Gasteiger partial charge in [-0.05, 0) is 32.1 Å². The molecule has 1 fully saturated rings. The highest BCUT2D eigenvalue weighted by molar-refractivity contribution is 14.0. The first-order chi connectivity index (χ1) is 11.2. The van der Waals surface area contributed by atoms with E-state index in [0.717, 1.165) is 29.8 Å². The summed E-state index contributed by atoms with van der Waals surface area (Å²) in [7, 11) is 1.81. The van der Waals surface area contributed by atoms with Crippen LogP contribution in [0.5, 0.6) is 0 Å². The summed E-state index contributed by atoms with van der Waals surface area (Å²) < 4.78 is 5.29. The normalized spacial score (nSPS) is 17.2. The molecule has 2 rings (SSSR count). The highest BCUT2D eigenvalue weighted by Gasteiger charge is 2.15. The maximum atomic E-state index is 5.29. The average Bonchev–Trinajstić information content (AvgIpc) is 3.05. The maximum Gasteiger partial charge on any atom is 0.191 e. The Morgan fingerprint density at radius 1 is 1.38 bits per heavy atom. The third kappa shape index (κ3) is 7.40. The van der Waals surface area contributed by atoms with Gasteiger partial charge in [-0.1, -0.05) is 44.2 Å². The third-order valence-corrected chi connectivity index (χ3v) is 4.74. The average molecular weight is 448 g/mol. The lowest BCUT2D eigenvalue weighted by Crippen LogP contribution is -2.42. The van der Waals surface area contributed by atoms with Crippen LogP contribution in [0.25, 0.3) is 0 Å². The molecule has 1 atom stereocenters. The number of hydrogen-bond acceptors (Lipinski definition) is 3. The van der Waals surface area contributed by atoms with Crippen LogP contribution in [0.2, 0.25) is 0 Å². The van der Waals surface area contributed by atoms with Gasteiger partial charge in [-0.15, -0.1) is 24.0 Å². The smallest absolute Gasteiger partial charge is 0.191 e.